The normalized spacial score (nSPS) is 18.0. The first kappa shape index (κ1) is 25.8. The summed E-state index contributed by atoms with van der Waals surface area (Å²) in [6.07, 6.45) is 4.45. The molecular weight excluding hydrogens is 480 g/mol. The summed E-state index contributed by atoms with van der Waals surface area (Å²) in [7, 11) is 1.57. The van der Waals surface area contributed by atoms with Crippen molar-refractivity contribution in [3.05, 3.63) is 95.1 Å². The largest absolute Gasteiger partial charge is 0.493 e. The second-order valence-electron chi connectivity index (χ2n) is 10.0. The number of carbonyl (C=O) groups excluding carboxylic acids is 1. The highest BCUT2D eigenvalue weighted by molar-refractivity contribution is 5.89. The van der Waals surface area contributed by atoms with Crippen LogP contribution in [-0.2, 0) is 29.2 Å². The zero-order chi connectivity index (χ0) is 26.5. The molecule has 1 aliphatic carbocycles. The lowest BCUT2D eigenvalue weighted by atomic mass is 9.91. The summed E-state index contributed by atoms with van der Waals surface area (Å²) in [5, 5.41) is 13.8. The molecule has 7 heteroatoms. The smallest absolute Gasteiger partial charge is 0.326 e. The minimum Gasteiger partial charge on any atom is -0.493 e. The Hall–Kier alpha value is -3.84. The Balaban J connectivity index is 1.46. The van der Waals surface area contributed by atoms with Crippen LogP contribution in [0, 0.1) is 0 Å². The predicted molar refractivity (Wildman–Crippen MR) is 144 cm³/mol. The number of methoxy groups -OCH3 is 1. The summed E-state index contributed by atoms with van der Waals surface area (Å²) in [6, 6.07) is 21.8. The van der Waals surface area contributed by atoms with Crippen molar-refractivity contribution in [1.82, 2.24) is 10.2 Å². The molecule has 1 aliphatic heterocycles. The van der Waals surface area contributed by atoms with Crippen molar-refractivity contribution in [3.8, 4) is 11.5 Å². The maximum absolute atomic E-state index is 14.1. The van der Waals surface area contributed by atoms with E-state index in [1.165, 1.54) is 4.90 Å². The first-order valence-electron chi connectivity index (χ1n) is 13.2. The second-order valence-corrected chi connectivity index (χ2v) is 10.0. The number of amides is 1. The van der Waals surface area contributed by atoms with E-state index < -0.39 is 18.1 Å². The Morgan fingerprint density at radius 1 is 1.00 bits per heavy atom. The topological polar surface area (TPSA) is 88.1 Å². The molecule has 1 fully saturated rings. The first-order valence-corrected chi connectivity index (χ1v) is 13.2. The van der Waals surface area contributed by atoms with Crippen LogP contribution >= 0.6 is 0 Å². The highest BCUT2D eigenvalue weighted by Gasteiger charge is 2.40. The van der Waals surface area contributed by atoms with Crippen LogP contribution in [0.15, 0.2) is 72.8 Å². The van der Waals surface area contributed by atoms with Crippen LogP contribution in [-0.4, -0.2) is 41.1 Å². The van der Waals surface area contributed by atoms with E-state index in [1.807, 2.05) is 72.8 Å². The number of benzene rings is 3. The zero-order valence-corrected chi connectivity index (χ0v) is 21.6. The maximum Gasteiger partial charge on any atom is 0.326 e. The molecule has 38 heavy (non-hydrogen) atoms. The molecule has 0 aromatic heterocycles. The van der Waals surface area contributed by atoms with Crippen LogP contribution < -0.4 is 14.8 Å². The van der Waals surface area contributed by atoms with Gasteiger partial charge in [-0.2, -0.15) is 0 Å². The Bertz CT molecular complexity index is 1260. The van der Waals surface area contributed by atoms with Gasteiger partial charge in [0.25, 0.3) is 0 Å². The van der Waals surface area contributed by atoms with Gasteiger partial charge < -0.3 is 19.5 Å². The molecular formula is C31H34N2O5. The van der Waals surface area contributed by atoms with Gasteiger partial charge in [-0.1, -0.05) is 79.6 Å². The average molecular weight is 515 g/mol. The third-order valence-corrected chi connectivity index (χ3v) is 7.59. The molecule has 7 nitrogen and oxygen atoms in total. The summed E-state index contributed by atoms with van der Waals surface area (Å²) in [5.41, 5.74) is 3.49. The van der Waals surface area contributed by atoms with Crippen LogP contribution in [0.3, 0.4) is 0 Å². The lowest BCUT2D eigenvalue weighted by Gasteiger charge is -2.38. The van der Waals surface area contributed by atoms with Gasteiger partial charge in [-0.3, -0.25) is 10.1 Å². The number of aliphatic carboxylic acids is 1. The van der Waals surface area contributed by atoms with Crippen molar-refractivity contribution in [1.29, 1.82) is 0 Å². The Morgan fingerprint density at radius 2 is 1.68 bits per heavy atom. The molecule has 2 N–H and O–H groups in total. The van der Waals surface area contributed by atoms with Gasteiger partial charge in [0.05, 0.1) is 7.11 Å². The van der Waals surface area contributed by atoms with E-state index in [1.54, 1.807) is 7.11 Å². The number of fused-ring (bicyclic) bond motifs is 1. The van der Waals surface area contributed by atoms with Gasteiger partial charge in [-0.15, -0.1) is 0 Å². The molecule has 0 unspecified atom stereocenters. The highest BCUT2D eigenvalue weighted by Crippen LogP contribution is 2.39. The van der Waals surface area contributed by atoms with Crippen LogP contribution in [0.1, 0.15) is 54.0 Å². The Morgan fingerprint density at radius 3 is 2.34 bits per heavy atom. The molecule has 0 saturated heterocycles. The number of carboxylic acid groups (broad SMARTS) is 1. The van der Waals surface area contributed by atoms with Gasteiger partial charge in [-0.05, 0) is 35.6 Å². The highest BCUT2D eigenvalue weighted by atomic mass is 16.5. The zero-order valence-electron chi connectivity index (χ0n) is 21.6. The van der Waals surface area contributed by atoms with Crippen LogP contribution in [0.5, 0.6) is 11.5 Å². The summed E-state index contributed by atoms with van der Waals surface area (Å²) in [4.78, 5) is 28.1. The molecule has 1 heterocycles. The summed E-state index contributed by atoms with van der Waals surface area (Å²) >= 11 is 0. The number of hydrogen-bond acceptors (Lipinski definition) is 5. The van der Waals surface area contributed by atoms with Crippen molar-refractivity contribution >= 4 is 11.9 Å². The van der Waals surface area contributed by atoms with Gasteiger partial charge in [0.2, 0.25) is 5.91 Å². The van der Waals surface area contributed by atoms with Crippen molar-refractivity contribution in [2.45, 2.75) is 63.4 Å². The number of carbonyl (C=O) groups is 2. The number of rotatable bonds is 9. The van der Waals surface area contributed by atoms with E-state index in [4.69, 9.17) is 9.47 Å². The molecule has 2 atom stereocenters. The van der Waals surface area contributed by atoms with Crippen molar-refractivity contribution in [2.75, 3.05) is 7.11 Å². The molecule has 198 valence electrons. The molecule has 1 amide bonds. The standard InChI is InChI=1S/C31H34N2O5/c1-37-27-17-16-23-19-33(30(34)28(22-12-6-3-7-13-22)32-24-14-8-9-15-24)26(31(35)36)18-25(23)29(27)38-20-21-10-4-2-5-11-21/h2-7,10-13,16-17,24,26,28,32H,8-9,14-15,18-20H2,1H3,(H,35,36)/t26-,28+/m0/s1. The molecule has 3 aromatic rings. The Kier molecular flexibility index (Phi) is 7.94. The minimum absolute atomic E-state index is 0.142. The van der Waals surface area contributed by atoms with Gasteiger partial charge in [0, 0.05) is 24.6 Å². The van der Waals surface area contributed by atoms with E-state index in [2.05, 4.69) is 5.32 Å². The molecule has 2 aliphatic rings. The third kappa shape index (κ3) is 5.53. The lowest BCUT2D eigenvalue weighted by Crippen LogP contribution is -2.53. The van der Waals surface area contributed by atoms with Crippen LogP contribution in [0.25, 0.3) is 0 Å². The lowest BCUT2D eigenvalue weighted by molar-refractivity contribution is -0.152. The fraction of sp³-hybridized carbons (Fsp3) is 0.355. The van der Waals surface area contributed by atoms with E-state index in [9.17, 15) is 14.7 Å². The van der Waals surface area contributed by atoms with E-state index >= 15 is 0 Å². The van der Waals surface area contributed by atoms with Gasteiger partial charge in [0.1, 0.15) is 18.7 Å². The molecule has 0 spiro atoms. The second kappa shape index (κ2) is 11.7. The van der Waals surface area contributed by atoms with E-state index in [0.29, 0.717) is 18.1 Å². The first-order chi connectivity index (χ1) is 18.5. The summed E-state index contributed by atoms with van der Waals surface area (Å²) in [5.74, 6) is -0.165. The van der Waals surface area contributed by atoms with Gasteiger partial charge in [0.15, 0.2) is 11.5 Å². The number of nitrogens with one attached hydrogen (secondary N) is 1. The fourth-order valence-corrected chi connectivity index (χ4v) is 5.57. The number of ether oxygens (including phenoxy) is 2. The molecule has 5 rings (SSSR count). The van der Waals surface area contributed by atoms with Crippen molar-refractivity contribution in [2.24, 2.45) is 0 Å². The summed E-state index contributed by atoms with van der Waals surface area (Å²) in [6.45, 7) is 0.516. The van der Waals surface area contributed by atoms with Gasteiger partial charge in [-0.25, -0.2) is 4.79 Å². The maximum atomic E-state index is 14.1. The summed E-state index contributed by atoms with van der Waals surface area (Å²) < 4.78 is 11.8. The number of carboxylic acids is 1. The van der Waals surface area contributed by atoms with Crippen LogP contribution in [0.2, 0.25) is 0 Å². The molecule has 1 saturated carbocycles. The van der Waals surface area contributed by atoms with Gasteiger partial charge >= 0.3 is 5.97 Å². The van der Waals surface area contributed by atoms with E-state index in [-0.39, 0.29) is 24.9 Å². The van der Waals surface area contributed by atoms with E-state index in [0.717, 1.165) is 47.9 Å². The minimum atomic E-state index is -1.03. The molecule has 0 bridgehead atoms. The predicted octanol–water partition coefficient (Wildman–Crippen LogP) is 4.89. The monoisotopic (exact) mass is 514 g/mol. The molecule has 0 radical (unpaired) electrons. The number of nitrogens with zero attached hydrogens (tertiary/aromatic N) is 1. The van der Waals surface area contributed by atoms with Crippen molar-refractivity contribution in [3.63, 3.8) is 0 Å². The fourth-order valence-electron chi connectivity index (χ4n) is 5.57. The quantitative estimate of drug-likeness (QED) is 0.423. The average Bonchev–Trinajstić information content (AvgIpc) is 3.48. The molecule has 3 aromatic carbocycles. The van der Waals surface area contributed by atoms with Crippen molar-refractivity contribution < 1.29 is 24.2 Å². The Labute approximate surface area is 223 Å². The SMILES string of the molecule is COc1ccc2c(c1OCc1ccccc1)C[C@@H](C(=O)O)N(C(=O)[C@H](NC1CCCC1)c1ccccc1)C2. The third-order valence-electron chi connectivity index (χ3n) is 7.59. The number of hydrogen-bond donors (Lipinski definition) is 2. The van der Waals surface area contributed by atoms with Crippen LogP contribution in [0.4, 0.5) is 0 Å².